The molecule has 1 aromatic carbocycles. The van der Waals surface area contributed by atoms with E-state index in [1.165, 1.54) is 0 Å². The van der Waals surface area contributed by atoms with Crippen molar-refractivity contribution in [1.29, 1.82) is 0 Å². The summed E-state index contributed by atoms with van der Waals surface area (Å²) in [5.74, 6) is -0.104. The van der Waals surface area contributed by atoms with Crippen molar-refractivity contribution in [2.75, 3.05) is 0 Å². The van der Waals surface area contributed by atoms with Gasteiger partial charge in [-0.25, -0.2) is 0 Å². The maximum Gasteiger partial charge on any atom is 0.229 e. The van der Waals surface area contributed by atoms with Crippen LogP contribution in [0.5, 0.6) is 0 Å². The second-order valence-corrected chi connectivity index (χ2v) is 5.82. The molecule has 98 valence electrons. The van der Waals surface area contributed by atoms with E-state index in [0.29, 0.717) is 11.1 Å². The summed E-state index contributed by atoms with van der Waals surface area (Å²) in [5, 5.41) is 10.7. The van der Waals surface area contributed by atoms with Crippen LogP contribution in [0.25, 0.3) is 0 Å². The van der Waals surface area contributed by atoms with Crippen molar-refractivity contribution in [3.63, 3.8) is 0 Å². The highest BCUT2D eigenvalue weighted by molar-refractivity contribution is 9.10. The normalized spacial score (nSPS) is 12.3. The van der Waals surface area contributed by atoms with Gasteiger partial charge in [0.15, 0.2) is 5.78 Å². The highest BCUT2D eigenvalue weighted by Gasteiger charge is 2.22. The van der Waals surface area contributed by atoms with Crippen LogP contribution in [0, 0.1) is 30.9 Å². The first-order chi connectivity index (χ1) is 8.25. The molecule has 0 saturated heterocycles. The van der Waals surface area contributed by atoms with Gasteiger partial charge in [-0.3, -0.25) is 14.9 Å². The van der Waals surface area contributed by atoms with Crippen LogP contribution in [0.2, 0.25) is 0 Å². The lowest BCUT2D eigenvalue weighted by Gasteiger charge is -2.15. The molecule has 1 aromatic rings. The Hall–Kier alpha value is -1.23. The Bertz CT molecular complexity index is 509. The van der Waals surface area contributed by atoms with Crippen molar-refractivity contribution in [3.8, 4) is 0 Å². The monoisotopic (exact) mass is 313 g/mol. The van der Waals surface area contributed by atoms with Gasteiger partial charge >= 0.3 is 0 Å². The molecule has 0 spiro atoms. The van der Waals surface area contributed by atoms with Gasteiger partial charge in [0.05, 0.1) is 4.83 Å². The van der Waals surface area contributed by atoms with E-state index in [1.54, 1.807) is 13.0 Å². The predicted octanol–water partition coefficient (Wildman–Crippen LogP) is 3.35. The molecule has 18 heavy (non-hydrogen) atoms. The number of rotatable bonds is 4. The SMILES string of the molecule is Cc1cc(C[N+](=O)[O-])c(C(=O)C(C)Br)c(C)c1C. The van der Waals surface area contributed by atoms with E-state index < -0.39 is 4.92 Å². The lowest BCUT2D eigenvalue weighted by molar-refractivity contribution is -0.496. The fraction of sp³-hybridized carbons (Fsp3) is 0.462. The van der Waals surface area contributed by atoms with Gasteiger partial charge in [0.2, 0.25) is 6.54 Å². The lowest BCUT2D eigenvalue weighted by atomic mass is 9.90. The summed E-state index contributed by atoms with van der Waals surface area (Å²) in [6, 6.07) is 1.74. The van der Waals surface area contributed by atoms with Crippen LogP contribution in [0.1, 0.15) is 39.5 Å². The number of carbonyl (C=O) groups excluding carboxylic acids is 1. The molecule has 4 nitrogen and oxygen atoms in total. The molecule has 1 rings (SSSR count). The quantitative estimate of drug-likeness (QED) is 0.370. The van der Waals surface area contributed by atoms with E-state index in [4.69, 9.17) is 0 Å². The first-order valence-corrected chi connectivity index (χ1v) is 6.57. The summed E-state index contributed by atoms with van der Waals surface area (Å²) in [4.78, 5) is 22.1. The molecule has 0 bridgehead atoms. The molecule has 1 atom stereocenters. The summed E-state index contributed by atoms with van der Waals surface area (Å²) in [6.45, 7) is 7.08. The van der Waals surface area contributed by atoms with Crippen molar-refractivity contribution < 1.29 is 9.72 Å². The van der Waals surface area contributed by atoms with E-state index in [2.05, 4.69) is 15.9 Å². The fourth-order valence-corrected chi connectivity index (χ4v) is 2.20. The minimum absolute atomic E-state index is 0.104. The minimum atomic E-state index is -0.404. The molecule has 0 aliphatic rings. The van der Waals surface area contributed by atoms with Crippen molar-refractivity contribution in [3.05, 3.63) is 44.0 Å². The van der Waals surface area contributed by atoms with Crippen molar-refractivity contribution in [1.82, 2.24) is 0 Å². The van der Waals surface area contributed by atoms with E-state index in [0.717, 1.165) is 16.7 Å². The largest absolute Gasteiger partial charge is 0.293 e. The number of Topliss-reactive ketones (excluding diaryl/α,β-unsaturated/α-hetero) is 1. The molecular weight excluding hydrogens is 298 g/mol. The standard InChI is InChI=1S/C13H16BrNO3/c1-7-5-11(6-15(17)18)12(9(3)8(7)2)13(16)10(4)14/h5,10H,6H2,1-4H3. The van der Waals surface area contributed by atoms with E-state index in [1.807, 2.05) is 20.8 Å². The zero-order valence-corrected chi connectivity index (χ0v) is 12.5. The average Bonchev–Trinajstić information content (AvgIpc) is 2.24. The van der Waals surface area contributed by atoms with Crippen LogP contribution in [0.3, 0.4) is 0 Å². The number of alkyl halides is 1. The van der Waals surface area contributed by atoms with Crippen LogP contribution in [0.4, 0.5) is 0 Å². The maximum absolute atomic E-state index is 12.2. The number of hydrogen-bond acceptors (Lipinski definition) is 3. The first kappa shape index (κ1) is 14.8. The van der Waals surface area contributed by atoms with Gasteiger partial charge in [-0.2, -0.15) is 0 Å². The minimum Gasteiger partial charge on any atom is -0.293 e. The number of hydrogen-bond donors (Lipinski definition) is 0. The number of halogens is 1. The zero-order chi connectivity index (χ0) is 14.0. The van der Waals surface area contributed by atoms with Crippen LogP contribution >= 0.6 is 15.9 Å². The summed E-state index contributed by atoms with van der Waals surface area (Å²) < 4.78 is 0. The number of nitro groups is 1. The summed E-state index contributed by atoms with van der Waals surface area (Å²) in [7, 11) is 0. The maximum atomic E-state index is 12.2. The predicted molar refractivity (Wildman–Crippen MR) is 74.1 cm³/mol. The molecule has 0 saturated carbocycles. The van der Waals surface area contributed by atoms with E-state index in [9.17, 15) is 14.9 Å². The third-order valence-corrected chi connectivity index (χ3v) is 3.56. The molecule has 0 aromatic heterocycles. The summed E-state index contributed by atoms with van der Waals surface area (Å²) in [5.41, 5.74) is 3.81. The Labute approximate surface area is 115 Å². The first-order valence-electron chi connectivity index (χ1n) is 5.65. The zero-order valence-electron chi connectivity index (χ0n) is 10.9. The third kappa shape index (κ3) is 2.96. The van der Waals surface area contributed by atoms with E-state index in [-0.39, 0.29) is 17.2 Å². The van der Waals surface area contributed by atoms with Gasteiger partial charge in [-0.1, -0.05) is 15.9 Å². The Morgan fingerprint density at radius 2 is 1.94 bits per heavy atom. The number of nitrogens with zero attached hydrogens (tertiary/aromatic N) is 1. The molecule has 0 amide bonds. The smallest absolute Gasteiger partial charge is 0.229 e. The van der Waals surface area contributed by atoms with E-state index >= 15 is 0 Å². The van der Waals surface area contributed by atoms with Crippen molar-refractivity contribution >= 4 is 21.7 Å². The molecule has 0 fully saturated rings. The Morgan fingerprint density at radius 3 is 2.39 bits per heavy atom. The molecule has 1 unspecified atom stereocenters. The summed E-state index contributed by atoms with van der Waals surface area (Å²) >= 11 is 3.23. The van der Waals surface area contributed by atoms with Gasteiger partial charge in [-0.15, -0.1) is 0 Å². The molecule has 0 heterocycles. The van der Waals surface area contributed by atoms with Gasteiger partial charge in [0.25, 0.3) is 0 Å². The van der Waals surface area contributed by atoms with Gasteiger partial charge in [-0.05, 0) is 50.5 Å². The van der Waals surface area contributed by atoms with Gasteiger partial charge < -0.3 is 0 Å². The Balaban J connectivity index is 3.48. The molecule has 0 N–H and O–H groups in total. The van der Waals surface area contributed by atoms with Crippen LogP contribution in [-0.2, 0) is 6.54 Å². The average molecular weight is 314 g/mol. The third-order valence-electron chi connectivity index (χ3n) is 3.15. The van der Waals surface area contributed by atoms with Gasteiger partial charge in [0.1, 0.15) is 0 Å². The van der Waals surface area contributed by atoms with Crippen LogP contribution < -0.4 is 0 Å². The number of benzene rings is 1. The Kier molecular flexibility index (Phi) is 4.62. The molecule has 5 heteroatoms. The lowest BCUT2D eigenvalue weighted by Crippen LogP contribution is -2.17. The van der Waals surface area contributed by atoms with Crippen LogP contribution in [0.15, 0.2) is 6.07 Å². The number of aryl methyl sites for hydroxylation is 1. The molecule has 0 aliphatic heterocycles. The van der Waals surface area contributed by atoms with Gasteiger partial charge in [0, 0.05) is 16.1 Å². The molecule has 0 aliphatic carbocycles. The van der Waals surface area contributed by atoms with Crippen molar-refractivity contribution in [2.45, 2.75) is 39.1 Å². The second kappa shape index (κ2) is 5.61. The Morgan fingerprint density at radius 1 is 1.39 bits per heavy atom. The second-order valence-electron chi connectivity index (χ2n) is 4.45. The van der Waals surface area contributed by atoms with Crippen molar-refractivity contribution in [2.24, 2.45) is 0 Å². The van der Waals surface area contributed by atoms with Crippen LogP contribution in [-0.4, -0.2) is 15.5 Å². The highest BCUT2D eigenvalue weighted by Crippen LogP contribution is 2.25. The number of ketones is 1. The highest BCUT2D eigenvalue weighted by atomic mass is 79.9. The number of carbonyl (C=O) groups is 1. The molecular formula is C13H16BrNO3. The summed E-state index contributed by atoms with van der Waals surface area (Å²) in [6.07, 6.45) is 0. The topological polar surface area (TPSA) is 60.2 Å². The fourth-order valence-electron chi connectivity index (χ4n) is 1.97. The molecule has 0 radical (unpaired) electrons.